The van der Waals surface area contributed by atoms with Crippen LogP contribution in [0.4, 0.5) is 0 Å². The summed E-state index contributed by atoms with van der Waals surface area (Å²) in [6.07, 6.45) is 9.32. The summed E-state index contributed by atoms with van der Waals surface area (Å²) in [4.78, 5) is 11.8. The van der Waals surface area contributed by atoms with E-state index in [0.717, 1.165) is 12.1 Å². The molecule has 0 spiro atoms. The molecule has 0 aromatic carbocycles. The lowest BCUT2D eigenvalue weighted by molar-refractivity contribution is -0.125. The average molecular weight is 289 g/mol. The second-order valence-electron chi connectivity index (χ2n) is 8.41. The molecule has 3 heteroatoms. The van der Waals surface area contributed by atoms with Crippen molar-refractivity contribution in [1.29, 1.82) is 0 Å². The number of rotatable bonds is 0. The van der Waals surface area contributed by atoms with Crippen LogP contribution in [-0.2, 0) is 4.79 Å². The van der Waals surface area contributed by atoms with E-state index in [-0.39, 0.29) is 11.2 Å². The summed E-state index contributed by atoms with van der Waals surface area (Å²) in [6.45, 7) is 4.76. The Morgan fingerprint density at radius 3 is 2.81 bits per heavy atom. The molecule has 0 aromatic rings. The Morgan fingerprint density at radius 2 is 2.00 bits per heavy atom. The summed E-state index contributed by atoms with van der Waals surface area (Å²) in [5, 5.41) is 14.1. The second kappa shape index (κ2) is 4.34. The third-order valence-corrected chi connectivity index (χ3v) is 7.41. The van der Waals surface area contributed by atoms with E-state index in [1.165, 1.54) is 32.1 Å². The molecule has 2 N–H and O–H groups in total. The van der Waals surface area contributed by atoms with Crippen LogP contribution in [0.3, 0.4) is 0 Å². The molecule has 3 fully saturated rings. The van der Waals surface area contributed by atoms with Gasteiger partial charge in [-0.2, -0.15) is 0 Å². The molecule has 0 bridgehead atoms. The molecule has 0 amide bonds. The standard InChI is InChI=1S/C18H27NO2/c1-17-7-3-4-12(17)15-13(6-8-17)18(2)9-5-11(20)10-14(18)19-16(15)21/h10,12-13,15-16,19,21H,3-9H2,1-2H3/t12-,13-,15-,16?,17-,18+/m0/s1. The van der Waals surface area contributed by atoms with Crippen molar-refractivity contribution in [2.24, 2.45) is 28.6 Å². The van der Waals surface area contributed by atoms with Crippen LogP contribution < -0.4 is 5.32 Å². The minimum Gasteiger partial charge on any atom is -0.374 e. The third kappa shape index (κ3) is 1.79. The molecule has 1 unspecified atom stereocenters. The number of piperidine rings is 1. The molecule has 1 heterocycles. The molecular formula is C18H27NO2. The zero-order valence-electron chi connectivity index (χ0n) is 13.2. The molecule has 0 radical (unpaired) electrons. The Balaban J connectivity index is 1.74. The van der Waals surface area contributed by atoms with Gasteiger partial charge >= 0.3 is 0 Å². The van der Waals surface area contributed by atoms with Crippen LogP contribution in [0.1, 0.15) is 58.8 Å². The maximum Gasteiger partial charge on any atom is 0.157 e. The quantitative estimate of drug-likeness (QED) is 0.721. The number of aliphatic hydroxyl groups excluding tert-OH is 1. The summed E-state index contributed by atoms with van der Waals surface area (Å²) in [6, 6.07) is 0. The van der Waals surface area contributed by atoms with Gasteiger partial charge in [0.2, 0.25) is 0 Å². The van der Waals surface area contributed by atoms with Crippen molar-refractivity contribution in [2.45, 2.75) is 65.0 Å². The molecule has 4 aliphatic rings. The number of hydrogen-bond acceptors (Lipinski definition) is 3. The molecule has 1 saturated heterocycles. The molecule has 21 heavy (non-hydrogen) atoms. The number of carbonyl (C=O) groups is 1. The highest BCUT2D eigenvalue weighted by molar-refractivity contribution is 5.91. The first kappa shape index (κ1) is 13.8. The van der Waals surface area contributed by atoms with E-state index in [9.17, 15) is 9.90 Å². The van der Waals surface area contributed by atoms with Gasteiger partial charge in [-0.15, -0.1) is 0 Å². The van der Waals surface area contributed by atoms with Gasteiger partial charge in [-0.1, -0.05) is 20.3 Å². The Kier molecular flexibility index (Phi) is 2.86. The predicted octanol–water partition coefficient (Wildman–Crippen LogP) is 2.99. The first-order chi connectivity index (χ1) is 9.94. The van der Waals surface area contributed by atoms with Gasteiger partial charge in [0.15, 0.2) is 5.78 Å². The largest absolute Gasteiger partial charge is 0.374 e. The van der Waals surface area contributed by atoms with E-state index in [1.807, 2.05) is 0 Å². The van der Waals surface area contributed by atoms with E-state index in [2.05, 4.69) is 19.2 Å². The Hall–Kier alpha value is -0.830. The van der Waals surface area contributed by atoms with Gasteiger partial charge in [0.05, 0.1) is 0 Å². The van der Waals surface area contributed by atoms with E-state index in [1.54, 1.807) is 6.08 Å². The Morgan fingerprint density at radius 1 is 1.19 bits per heavy atom. The fourth-order valence-corrected chi connectivity index (χ4v) is 6.13. The lowest BCUT2D eigenvalue weighted by Crippen LogP contribution is -2.60. The van der Waals surface area contributed by atoms with Crippen molar-refractivity contribution < 1.29 is 9.90 Å². The summed E-state index contributed by atoms with van der Waals surface area (Å²) < 4.78 is 0. The van der Waals surface area contributed by atoms with Crippen molar-refractivity contribution in [1.82, 2.24) is 5.32 Å². The van der Waals surface area contributed by atoms with Crippen LogP contribution in [0.15, 0.2) is 11.8 Å². The minimum absolute atomic E-state index is 0.0712. The first-order valence-electron chi connectivity index (χ1n) is 8.64. The normalized spacial score (nSPS) is 52.3. The Labute approximate surface area is 127 Å². The van der Waals surface area contributed by atoms with E-state index in [0.29, 0.717) is 29.6 Å². The highest BCUT2D eigenvalue weighted by Crippen LogP contribution is 2.63. The van der Waals surface area contributed by atoms with Crippen LogP contribution >= 0.6 is 0 Å². The van der Waals surface area contributed by atoms with Crippen LogP contribution in [0.25, 0.3) is 0 Å². The number of aliphatic hydroxyl groups is 1. The molecule has 3 nitrogen and oxygen atoms in total. The van der Waals surface area contributed by atoms with Crippen LogP contribution in [-0.4, -0.2) is 17.1 Å². The highest BCUT2D eigenvalue weighted by atomic mass is 16.3. The number of allylic oxidation sites excluding steroid dienone is 2. The van der Waals surface area contributed by atoms with Crippen molar-refractivity contribution in [3.8, 4) is 0 Å². The third-order valence-electron chi connectivity index (χ3n) is 7.41. The topological polar surface area (TPSA) is 49.3 Å². The average Bonchev–Trinajstić information content (AvgIpc) is 2.82. The van der Waals surface area contributed by atoms with Gasteiger partial charge in [-0.25, -0.2) is 0 Å². The lowest BCUT2D eigenvalue weighted by Gasteiger charge is -2.58. The van der Waals surface area contributed by atoms with E-state index in [4.69, 9.17) is 0 Å². The molecular weight excluding hydrogens is 262 g/mol. The van der Waals surface area contributed by atoms with Gasteiger partial charge in [0.25, 0.3) is 0 Å². The van der Waals surface area contributed by atoms with Gasteiger partial charge < -0.3 is 10.4 Å². The van der Waals surface area contributed by atoms with Gasteiger partial charge in [0.1, 0.15) is 6.23 Å². The van der Waals surface area contributed by atoms with E-state index < -0.39 is 6.23 Å². The summed E-state index contributed by atoms with van der Waals surface area (Å²) in [7, 11) is 0. The number of hydrogen-bond donors (Lipinski definition) is 2. The maximum atomic E-state index is 11.8. The molecule has 0 aromatic heterocycles. The van der Waals surface area contributed by atoms with E-state index >= 15 is 0 Å². The maximum absolute atomic E-state index is 11.8. The fraction of sp³-hybridized carbons (Fsp3) is 0.833. The smallest absolute Gasteiger partial charge is 0.157 e. The Bertz CT molecular complexity index is 513. The van der Waals surface area contributed by atoms with Crippen molar-refractivity contribution in [2.75, 3.05) is 0 Å². The zero-order valence-corrected chi connectivity index (χ0v) is 13.2. The summed E-state index contributed by atoms with van der Waals surface area (Å²) in [5.41, 5.74) is 1.52. The highest BCUT2D eigenvalue weighted by Gasteiger charge is 2.59. The van der Waals surface area contributed by atoms with Crippen molar-refractivity contribution in [3.05, 3.63) is 11.8 Å². The van der Waals surface area contributed by atoms with Crippen LogP contribution in [0, 0.1) is 28.6 Å². The SMILES string of the molecule is C[C@@]12CCC[C@H]1[C@@H]1C(O)NC3=CC(=O)CC[C@]3(C)[C@H]1CC2. The fourth-order valence-electron chi connectivity index (χ4n) is 6.13. The van der Waals surface area contributed by atoms with Crippen molar-refractivity contribution in [3.63, 3.8) is 0 Å². The molecule has 3 aliphatic carbocycles. The van der Waals surface area contributed by atoms with Gasteiger partial charge in [0, 0.05) is 29.5 Å². The lowest BCUT2D eigenvalue weighted by atomic mass is 9.50. The van der Waals surface area contributed by atoms with Crippen molar-refractivity contribution >= 4 is 5.78 Å². The second-order valence-corrected chi connectivity index (χ2v) is 8.41. The molecule has 116 valence electrons. The van der Waals surface area contributed by atoms with Crippen LogP contribution in [0.5, 0.6) is 0 Å². The summed E-state index contributed by atoms with van der Waals surface area (Å²) >= 11 is 0. The summed E-state index contributed by atoms with van der Waals surface area (Å²) in [5.74, 6) is 1.75. The van der Waals surface area contributed by atoms with Gasteiger partial charge in [-0.3, -0.25) is 4.79 Å². The minimum atomic E-state index is -0.469. The monoisotopic (exact) mass is 289 g/mol. The molecule has 4 rings (SSSR count). The number of nitrogens with one attached hydrogen (secondary N) is 1. The number of fused-ring (bicyclic) bond motifs is 5. The number of carbonyl (C=O) groups excluding carboxylic acids is 1. The number of ketones is 1. The van der Waals surface area contributed by atoms with Gasteiger partial charge in [-0.05, 0) is 49.4 Å². The molecule has 2 saturated carbocycles. The zero-order chi connectivity index (χ0) is 14.8. The molecule has 6 atom stereocenters. The predicted molar refractivity (Wildman–Crippen MR) is 81.2 cm³/mol. The van der Waals surface area contributed by atoms with Crippen LogP contribution in [0.2, 0.25) is 0 Å². The first-order valence-corrected chi connectivity index (χ1v) is 8.64. The molecule has 1 aliphatic heterocycles.